The van der Waals surface area contributed by atoms with Crippen LogP contribution in [0.4, 0.5) is 10.5 Å². The number of likely N-dealkylation sites (tertiary alicyclic amines) is 1. The van der Waals surface area contributed by atoms with Crippen LogP contribution in [0.15, 0.2) is 54.6 Å². The third-order valence-corrected chi connectivity index (χ3v) is 9.30. The van der Waals surface area contributed by atoms with Gasteiger partial charge in [-0.1, -0.05) is 30.3 Å². The Labute approximate surface area is 237 Å². The van der Waals surface area contributed by atoms with Gasteiger partial charge in [-0.3, -0.25) is 0 Å². The van der Waals surface area contributed by atoms with Crippen LogP contribution in [0.3, 0.4) is 0 Å². The van der Waals surface area contributed by atoms with Crippen molar-refractivity contribution in [3.05, 3.63) is 65.7 Å². The third-order valence-electron chi connectivity index (χ3n) is 9.30. The Morgan fingerprint density at radius 3 is 2.35 bits per heavy atom. The second kappa shape index (κ2) is 12.3. The van der Waals surface area contributed by atoms with E-state index < -0.39 is 11.5 Å². The summed E-state index contributed by atoms with van der Waals surface area (Å²) in [5.41, 5.74) is 2.08. The molecule has 212 valence electrons. The molecule has 5 rings (SSSR count). The smallest absolute Gasteiger partial charge is 0.407 e. The van der Waals surface area contributed by atoms with Crippen LogP contribution in [-0.4, -0.2) is 69.9 Å². The molecule has 2 aliphatic heterocycles. The largest absolute Gasteiger partial charge is 0.465 e. The van der Waals surface area contributed by atoms with E-state index in [9.17, 15) is 14.9 Å². The number of piperidine rings is 1. The first-order valence-electron chi connectivity index (χ1n) is 14.5. The van der Waals surface area contributed by atoms with Crippen LogP contribution in [0.1, 0.15) is 48.0 Å². The van der Waals surface area contributed by atoms with Crippen LogP contribution in [0.2, 0.25) is 0 Å². The predicted molar refractivity (Wildman–Crippen MR) is 153 cm³/mol. The number of amides is 1. The molecule has 2 aromatic carbocycles. The summed E-state index contributed by atoms with van der Waals surface area (Å²) in [6.45, 7) is 5.01. The Balaban J connectivity index is 1.21. The van der Waals surface area contributed by atoms with Crippen molar-refractivity contribution in [1.82, 2.24) is 10.2 Å². The Kier molecular flexibility index (Phi) is 8.60. The highest BCUT2D eigenvalue weighted by Gasteiger charge is 2.53. The quantitative estimate of drug-likeness (QED) is 0.485. The normalized spacial score (nSPS) is 23.5. The van der Waals surface area contributed by atoms with Gasteiger partial charge in [0.1, 0.15) is 6.10 Å². The molecule has 3 aliphatic rings. The number of rotatable bonds is 8. The fourth-order valence-corrected chi connectivity index (χ4v) is 7.25. The second-order valence-electron chi connectivity index (χ2n) is 11.5. The molecule has 2 saturated heterocycles. The maximum atomic E-state index is 12.1. The molecule has 1 N–H and O–H groups in total. The number of carbonyl (C=O) groups is 2. The number of anilines is 1. The van der Waals surface area contributed by atoms with Crippen molar-refractivity contribution in [3.8, 4) is 6.07 Å². The molecule has 1 saturated carbocycles. The number of esters is 1. The van der Waals surface area contributed by atoms with Gasteiger partial charge in [-0.15, -0.1) is 0 Å². The number of ether oxygens (including phenoxy) is 2. The fourth-order valence-electron chi connectivity index (χ4n) is 7.25. The molecule has 0 spiro atoms. The standard InChI is InChI=1S/C32H40N4O4/c1-34-31(38)40-29-10-6-9-28(29)32(22-33,25-7-4-3-5-8-25)26-15-17-35(18-16-26)19-23-20-36(21-23)27-13-11-24(12-14-27)30(37)39-2/h3-5,7-8,11-14,23,26,28-29H,6,9-10,15-21H2,1-2H3,(H,34,38)/t28-,29-,32?/m0/s1. The van der Waals surface area contributed by atoms with Gasteiger partial charge in [0.2, 0.25) is 0 Å². The molecule has 0 radical (unpaired) electrons. The molecular formula is C32H40N4O4. The molecule has 8 heteroatoms. The number of benzene rings is 2. The third kappa shape index (κ3) is 5.53. The number of nitrogens with one attached hydrogen (secondary N) is 1. The second-order valence-corrected chi connectivity index (χ2v) is 11.5. The number of carbonyl (C=O) groups excluding carboxylic acids is 2. The molecule has 3 fully saturated rings. The first-order valence-corrected chi connectivity index (χ1v) is 14.5. The molecular weight excluding hydrogens is 504 g/mol. The lowest BCUT2D eigenvalue weighted by Gasteiger charge is -2.47. The zero-order chi connectivity index (χ0) is 28.1. The average molecular weight is 545 g/mol. The maximum Gasteiger partial charge on any atom is 0.407 e. The highest BCUT2D eigenvalue weighted by Crippen LogP contribution is 2.51. The van der Waals surface area contributed by atoms with E-state index in [1.54, 1.807) is 7.05 Å². The predicted octanol–water partition coefficient (Wildman–Crippen LogP) is 4.61. The Morgan fingerprint density at radius 1 is 1.02 bits per heavy atom. The first-order chi connectivity index (χ1) is 19.5. The van der Waals surface area contributed by atoms with E-state index in [2.05, 4.69) is 33.3 Å². The number of hydrogen-bond donors (Lipinski definition) is 1. The molecule has 2 aromatic rings. The van der Waals surface area contributed by atoms with Gasteiger partial charge in [-0.25, -0.2) is 9.59 Å². The average Bonchev–Trinajstić information content (AvgIpc) is 3.44. The maximum absolute atomic E-state index is 12.1. The van der Waals surface area contributed by atoms with Gasteiger partial charge in [0, 0.05) is 44.2 Å². The van der Waals surface area contributed by atoms with Crippen LogP contribution in [0.25, 0.3) is 0 Å². The Bertz CT molecular complexity index is 1200. The summed E-state index contributed by atoms with van der Waals surface area (Å²) in [5.74, 6) is 0.485. The number of nitrogens with zero attached hydrogens (tertiary/aromatic N) is 3. The van der Waals surface area contributed by atoms with Crippen molar-refractivity contribution in [2.24, 2.45) is 17.8 Å². The molecule has 1 amide bonds. The zero-order valence-electron chi connectivity index (χ0n) is 23.6. The summed E-state index contributed by atoms with van der Waals surface area (Å²) in [6, 6.07) is 20.7. The van der Waals surface area contributed by atoms with E-state index in [0.29, 0.717) is 11.5 Å². The number of nitriles is 1. The summed E-state index contributed by atoms with van der Waals surface area (Å²) < 4.78 is 10.6. The molecule has 1 aliphatic carbocycles. The number of hydrogen-bond acceptors (Lipinski definition) is 7. The van der Waals surface area contributed by atoms with Gasteiger partial charge in [0.15, 0.2) is 0 Å². The van der Waals surface area contributed by atoms with Crippen LogP contribution in [0.5, 0.6) is 0 Å². The van der Waals surface area contributed by atoms with Crippen molar-refractivity contribution in [3.63, 3.8) is 0 Å². The summed E-state index contributed by atoms with van der Waals surface area (Å²) in [6.07, 6.45) is 3.90. The van der Waals surface area contributed by atoms with E-state index in [1.165, 1.54) is 7.11 Å². The Hall–Kier alpha value is -3.57. The van der Waals surface area contributed by atoms with Crippen LogP contribution in [0, 0.1) is 29.1 Å². The highest BCUT2D eigenvalue weighted by molar-refractivity contribution is 5.89. The van der Waals surface area contributed by atoms with E-state index in [0.717, 1.165) is 76.1 Å². The minimum Gasteiger partial charge on any atom is -0.465 e. The number of alkyl carbamates (subject to hydrolysis) is 1. The van der Waals surface area contributed by atoms with Crippen LogP contribution >= 0.6 is 0 Å². The number of methoxy groups -OCH3 is 1. The minimum atomic E-state index is -0.674. The summed E-state index contributed by atoms with van der Waals surface area (Å²) in [7, 11) is 2.98. The van der Waals surface area contributed by atoms with Gasteiger partial charge < -0.3 is 24.6 Å². The van der Waals surface area contributed by atoms with E-state index in [4.69, 9.17) is 9.47 Å². The van der Waals surface area contributed by atoms with Crippen molar-refractivity contribution in [1.29, 1.82) is 5.26 Å². The van der Waals surface area contributed by atoms with Crippen molar-refractivity contribution in [2.75, 3.05) is 51.8 Å². The monoisotopic (exact) mass is 544 g/mol. The lowest BCUT2D eigenvalue weighted by molar-refractivity contribution is 0.0306. The molecule has 40 heavy (non-hydrogen) atoms. The zero-order valence-corrected chi connectivity index (χ0v) is 23.6. The van der Waals surface area contributed by atoms with E-state index in [1.807, 2.05) is 42.5 Å². The first kappa shape index (κ1) is 28.0. The molecule has 2 heterocycles. The lowest BCUT2D eigenvalue weighted by Crippen LogP contribution is -2.54. The molecule has 0 bridgehead atoms. The van der Waals surface area contributed by atoms with Crippen molar-refractivity contribution < 1.29 is 19.1 Å². The molecule has 3 atom stereocenters. The minimum absolute atomic E-state index is 0.0143. The van der Waals surface area contributed by atoms with Gasteiger partial charge in [0.25, 0.3) is 0 Å². The molecule has 1 unspecified atom stereocenters. The summed E-state index contributed by atoms with van der Waals surface area (Å²) in [4.78, 5) is 28.7. The highest BCUT2D eigenvalue weighted by atomic mass is 16.6. The van der Waals surface area contributed by atoms with Gasteiger partial charge in [0.05, 0.1) is 24.2 Å². The molecule has 0 aromatic heterocycles. The Morgan fingerprint density at radius 2 is 1.73 bits per heavy atom. The summed E-state index contributed by atoms with van der Waals surface area (Å²) in [5, 5.41) is 13.4. The molecule has 8 nitrogen and oxygen atoms in total. The topological polar surface area (TPSA) is 94.9 Å². The fraction of sp³-hybridized carbons (Fsp3) is 0.531. The SMILES string of the molecule is CNC(=O)O[C@H]1CCC[C@@H]1C(C#N)(c1ccccc1)C1CCN(CC2CN(c3ccc(C(=O)OC)cc3)C2)CC1. The lowest BCUT2D eigenvalue weighted by atomic mass is 9.59. The van der Waals surface area contributed by atoms with Crippen molar-refractivity contribution in [2.45, 2.75) is 43.6 Å². The van der Waals surface area contributed by atoms with Gasteiger partial charge in [-0.05, 0) is 80.9 Å². The van der Waals surface area contributed by atoms with Crippen LogP contribution in [-0.2, 0) is 14.9 Å². The van der Waals surface area contributed by atoms with Crippen molar-refractivity contribution >= 4 is 17.7 Å². The van der Waals surface area contributed by atoms with Gasteiger partial charge >= 0.3 is 12.1 Å². The van der Waals surface area contributed by atoms with Crippen LogP contribution < -0.4 is 10.2 Å². The van der Waals surface area contributed by atoms with Gasteiger partial charge in [-0.2, -0.15) is 5.26 Å². The van der Waals surface area contributed by atoms with E-state index in [-0.39, 0.29) is 23.9 Å². The summed E-state index contributed by atoms with van der Waals surface area (Å²) >= 11 is 0. The van der Waals surface area contributed by atoms with E-state index >= 15 is 0 Å².